The number of nitrogens with zero attached hydrogens (tertiary/aromatic N) is 1. The quantitative estimate of drug-likeness (QED) is 0.785. The number of nitriles is 1. The number of rotatable bonds is 6. The summed E-state index contributed by atoms with van der Waals surface area (Å²) >= 11 is 7.88. The molecule has 1 aromatic rings. The molecule has 0 unspecified atom stereocenters. The lowest BCUT2D eigenvalue weighted by Crippen LogP contribution is -2.02. The number of hydrogen-bond donors (Lipinski definition) is 1. The van der Waals surface area contributed by atoms with Crippen molar-refractivity contribution in [1.82, 2.24) is 0 Å². The van der Waals surface area contributed by atoms with Crippen LogP contribution in [0, 0.1) is 11.3 Å². The molecule has 0 atom stereocenters. The van der Waals surface area contributed by atoms with Crippen molar-refractivity contribution in [1.29, 1.82) is 5.26 Å². The maximum atomic E-state index is 8.77. The van der Waals surface area contributed by atoms with E-state index in [2.05, 4.69) is 17.6 Å². The summed E-state index contributed by atoms with van der Waals surface area (Å²) in [5.74, 6) is 1.19. The topological polar surface area (TPSA) is 35.8 Å². The summed E-state index contributed by atoms with van der Waals surface area (Å²) < 4.78 is 0. The minimum atomic E-state index is 0.635. The fourth-order valence-corrected chi connectivity index (χ4v) is 2.00. The van der Waals surface area contributed by atoms with Gasteiger partial charge in [0, 0.05) is 6.54 Å². The molecule has 1 rings (SSSR count). The molecular formula is C12H15ClN2S. The number of anilines is 1. The van der Waals surface area contributed by atoms with Crippen LogP contribution in [-0.2, 0) is 0 Å². The summed E-state index contributed by atoms with van der Waals surface area (Å²) in [4.78, 5) is 0. The molecule has 4 heteroatoms. The van der Waals surface area contributed by atoms with Crippen LogP contribution in [0.3, 0.4) is 0 Å². The molecule has 0 aliphatic heterocycles. The zero-order valence-electron chi connectivity index (χ0n) is 9.29. The van der Waals surface area contributed by atoms with Gasteiger partial charge in [0.2, 0.25) is 0 Å². The Bertz CT molecular complexity index is 374. The smallest absolute Gasteiger partial charge is 0.0992 e. The summed E-state index contributed by atoms with van der Waals surface area (Å²) in [6, 6.07) is 7.37. The lowest BCUT2D eigenvalue weighted by atomic mass is 10.2. The molecular weight excluding hydrogens is 240 g/mol. The number of unbranched alkanes of at least 4 members (excludes halogenated alkanes) is 1. The fourth-order valence-electron chi connectivity index (χ4n) is 1.32. The normalized spacial score (nSPS) is 9.81. The highest BCUT2D eigenvalue weighted by Crippen LogP contribution is 2.22. The average Bonchev–Trinajstić information content (AvgIpc) is 2.31. The fraction of sp³-hybridized carbons (Fsp3) is 0.417. The van der Waals surface area contributed by atoms with E-state index in [4.69, 9.17) is 16.9 Å². The third-order valence-electron chi connectivity index (χ3n) is 2.19. The monoisotopic (exact) mass is 254 g/mol. The number of halogens is 1. The highest BCUT2D eigenvalue weighted by Gasteiger charge is 2.00. The Kier molecular flexibility index (Phi) is 6.14. The molecule has 0 spiro atoms. The maximum Gasteiger partial charge on any atom is 0.0992 e. The van der Waals surface area contributed by atoms with E-state index >= 15 is 0 Å². The van der Waals surface area contributed by atoms with Gasteiger partial charge in [0.1, 0.15) is 0 Å². The second kappa shape index (κ2) is 7.43. The van der Waals surface area contributed by atoms with Crippen molar-refractivity contribution in [2.24, 2.45) is 0 Å². The molecule has 16 heavy (non-hydrogen) atoms. The molecule has 0 aliphatic carbocycles. The first-order valence-electron chi connectivity index (χ1n) is 5.20. The van der Waals surface area contributed by atoms with Gasteiger partial charge in [-0.3, -0.25) is 0 Å². The van der Waals surface area contributed by atoms with Crippen LogP contribution in [0.25, 0.3) is 0 Å². The molecule has 0 bridgehead atoms. The van der Waals surface area contributed by atoms with Crippen molar-refractivity contribution in [3.8, 4) is 6.07 Å². The SMILES string of the molecule is CSCCCCNc1cc(C#N)ccc1Cl. The van der Waals surface area contributed by atoms with Gasteiger partial charge in [0.15, 0.2) is 0 Å². The summed E-state index contributed by atoms with van der Waals surface area (Å²) in [5.41, 5.74) is 1.49. The van der Waals surface area contributed by atoms with Crippen LogP contribution in [0.5, 0.6) is 0 Å². The third kappa shape index (κ3) is 4.34. The van der Waals surface area contributed by atoms with Gasteiger partial charge in [-0.1, -0.05) is 11.6 Å². The van der Waals surface area contributed by atoms with Gasteiger partial charge in [-0.25, -0.2) is 0 Å². The standard InChI is InChI=1S/C12H15ClN2S/c1-16-7-3-2-6-15-12-8-10(9-14)4-5-11(12)13/h4-5,8,15H,2-3,6-7H2,1H3. The Morgan fingerprint density at radius 1 is 1.44 bits per heavy atom. The van der Waals surface area contributed by atoms with E-state index in [1.54, 1.807) is 18.2 Å². The summed E-state index contributed by atoms with van der Waals surface area (Å²) in [6.07, 6.45) is 4.43. The maximum absolute atomic E-state index is 8.77. The van der Waals surface area contributed by atoms with E-state index in [1.807, 2.05) is 11.8 Å². The van der Waals surface area contributed by atoms with Gasteiger partial charge < -0.3 is 5.32 Å². The van der Waals surface area contributed by atoms with E-state index in [0.29, 0.717) is 10.6 Å². The van der Waals surface area contributed by atoms with Crippen LogP contribution < -0.4 is 5.32 Å². The molecule has 0 amide bonds. The van der Waals surface area contributed by atoms with E-state index in [1.165, 1.54) is 12.2 Å². The highest BCUT2D eigenvalue weighted by molar-refractivity contribution is 7.98. The van der Waals surface area contributed by atoms with Crippen molar-refractivity contribution < 1.29 is 0 Å². The summed E-state index contributed by atoms with van der Waals surface area (Å²) in [7, 11) is 0. The van der Waals surface area contributed by atoms with E-state index < -0.39 is 0 Å². The van der Waals surface area contributed by atoms with Crippen LogP contribution in [0.2, 0.25) is 5.02 Å². The second-order valence-corrected chi connectivity index (χ2v) is 4.83. The first-order chi connectivity index (χ1) is 7.77. The molecule has 1 aromatic carbocycles. The second-order valence-electron chi connectivity index (χ2n) is 3.43. The minimum absolute atomic E-state index is 0.635. The zero-order valence-corrected chi connectivity index (χ0v) is 10.9. The molecule has 0 saturated carbocycles. The molecule has 1 N–H and O–H groups in total. The highest BCUT2D eigenvalue weighted by atomic mass is 35.5. The van der Waals surface area contributed by atoms with Crippen molar-refractivity contribution in [3.63, 3.8) is 0 Å². The van der Waals surface area contributed by atoms with Crippen LogP contribution >= 0.6 is 23.4 Å². The molecule has 86 valence electrons. The Hall–Kier alpha value is -0.850. The lowest BCUT2D eigenvalue weighted by molar-refractivity contribution is 0.843. The molecule has 0 saturated heterocycles. The molecule has 0 fully saturated rings. The molecule has 0 aromatic heterocycles. The first kappa shape index (κ1) is 13.2. The Labute approximate surface area is 106 Å². The number of benzene rings is 1. The number of hydrogen-bond acceptors (Lipinski definition) is 3. The Balaban J connectivity index is 2.44. The average molecular weight is 255 g/mol. The van der Waals surface area contributed by atoms with Crippen molar-refractivity contribution in [2.75, 3.05) is 23.9 Å². The van der Waals surface area contributed by atoms with Crippen molar-refractivity contribution >= 4 is 29.1 Å². The third-order valence-corrected chi connectivity index (χ3v) is 3.21. The van der Waals surface area contributed by atoms with Gasteiger partial charge in [0.25, 0.3) is 0 Å². The van der Waals surface area contributed by atoms with Crippen LogP contribution in [0.1, 0.15) is 18.4 Å². The van der Waals surface area contributed by atoms with Gasteiger partial charge in [-0.15, -0.1) is 0 Å². The Morgan fingerprint density at radius 3 is 2.94 bits per heavy atom. The lowest BCUT2D eigenvalue weighted by Gasteiger charge is -2.08. The molecule has 0 heterocycles. The van der Waals surface area contributed by atoms with Gasteiger partial charge >= 0.3 is 0 Å². The zero-order chi connectivity index (χ0) is 11.8. The predicted octanol–water partition coefficient (Wildman–Crippen LogP) is 3.77. The van der Waals surface area contributed by atoms with Crippen molar-refractivity contribution in [3.05, 3.63) is 28.8 Å². The minimum Gasteiger partial charge on any atom is -0.384 e. The van der Waals surface area contributed by atoms with Crippen LogP contribution in [0.15, 0.2) is 18.2 Å². The molecule has 0 aliphatic rings. The molecule has 2 nitrogen and oxygen atoms in total. The first-order valence-corrected chi connectivity index (χ1v) is 6.97. The van der Waals surface area contributed by atoms with Gasteiger partial charge in [0.05, 0.1) is 22.3 Å². The number of nitrogens with one attached hydrogen (secondary N) is 1. The van der Waals surface area contributed by atoms with Gasteiger partial charge in [-0.05, 0) is 43.0 Å². The largest absolute Gasteiger partial charge is 0.384 e. The van der Waals surface area contributed by atoms with E-state index in [0.717, 1.165) is 18.7 Å². The van der Waals surface area contributed by atoms with Gasteiger partial charge in [-0.2, -0.15) is 17.0 Å². The van der Waals surface area contributed by atoms with E-state index in [9.17, 15) is 0 Å². The van der Waals surface area contributed by atoms with Crippen LogP contribution in [0.4, 0.5) is 5.69 Å². The van der Waals surface area contributed by atoms with Crippen LogP contribution in [-0.4, -0.2) is 18.6 Å². The number of thioether (sulfide) groups is 1. The predicted molar refractivity (Wildman–Crippen MR) is 72.3 cm³/mol. The van der Waals surface area contributed by atoms with E-state index in [-0.39, 0.29) is 0 Å². The van der Waals surface area contributed by atoms with Crippen molar-refractivity contribution in [2.45, 2.75) is 12.8 Å². The summed E-state index contributed by atoms with van der Waals surface area (Å²) in [5, 5.41) is 12.7. The Morgan fingerprint density at radius 2 is 2.25 bits per heavy atom. The molecule has 0 radical (unpaired) electrons. The summed E-state index contributed by atoms with van der Waals surface area (Å²) in [6.45, 7) is 0.898.